The van der Waals surface area contributed by atoms with Crippen LogP contribution in [0.3, 0.4) is 0 Å². The zero-order valence-corrected chi connectivity index (χ0v) is 15.9. The smallest absolute Gasteiger partial charge is 0.228 e. The number of amidine groups is 1. The van der Waals surface area contributed by atoms with Crippen LogP contribution in [0.4, 0.5) is 5.69 Å². The number of benzene rings is 1. The summed E-state index contributed by atoms with van der Waals surface area (Å²) in [5, 5.41) is 7.41. The molecule has 1 atom stereocenters. The Morgan fingerprint density at radius 3 is 3.11 bits per heavy atom. The lowest BCUT2D eigenvalue weighted by molar-refractivity contribution is 0.352. The summed E-state index contributed by atoms with van der Waals surface area (Å²) in [6.07, 6.45) is 8.27. The summed E-state index contributed by atoms with van der Waals surface area (Å²) in [5.41, 5.74) is 10.4. The molecule has 0 saturated heterocycles. The molecule has 0 amide bonds. The number of aromatic nitrogens is 2. The van der Waals surface area contributed by atoms with E-state index < -0.39 is 0 Å². The number of allylic oxidation sites excluding steroid dienone is 3. The Morgan fingerprint density at radius 2 is 2.33 bits per heavy atom. The van der Waals surface area contributed by atoms with E-state index in [1.807, 2.05) is 31.2 Å². The van der Waals surface area contributed by atoms with E-state index in [-0.39, 0.29) is 6.04 Å². The zero-order valence-electron chi connectivity index (χ0n) is 15.1. The van der Waals surface area contributed by atoms with Gasteiger partial charge in [0, 0.05) is 29.3 Å². The summed E-state index contributed by atoms with van der Waals surface area (Å²) in [5.74, 6) is 1.74. The number of hydrogen-bond acceptors (Lipinski definition) is 6. The number of hydrogen-bond donors (Lipinski definition) is 2. The zero-order chi connectivity index (χ0) is 18.8. The first-order valence-corrected chi connectivity index (χ1v) is 9.41. The third-order valence-electron chi connectivity index (χ3n) is 4.77. The fourth-order valence-electron chi connectivity index (χ4n) is 3.44. The lowest BCUT2D eigenvalue weighted by Gasteiger charge is -2.26. The molecule has 4 rings (SSSR count). The van der Waals surface area contributed by atoms with Gasteiger partial charge in [0.15, 0.2) is 5.82 Å². The molecule has 7 heteroatoms. The number of thiocarbonyl (C=S) groups is 1. The number of nitrogens with zero attached hydrogens (tertiary/aromatic N) is 3. The second kappa shape index (κ2) is 7.54. The summed E-state index contributed by atoms with van der Waals surface area (Å²) in [7, 11) is 0. The van der Waals surface area contributed by atoms with Crippen LogP contribution in [0.15, 0.2) is 51.5 Å². The van der Waals surface area contributed by atoms with Crippen LogP contribution in [-0.2, 0) is 12.8 Å². The molecule has 0 fully saturated rings. The van der Waals surface area contributed by atoms with Crippen LogP contribution in [0.1, 0.15) is 35.3 Å². The van der Waals surface area contributed by atoms with E-state index in [1.165, 1.54) is 11.1 Å². The molecule has 27 heavy (non-hydrogen) atoms. The molecule has 6 nitrogen and oxygen atoms in total. The highest BCUT2D eigenvalue weighted by molar-refractivity contribution is 7.81. The molecular formula is C20H21N5OS. The van der Waals surface area contributed by atoms with Gasteiger partial charge in [-0.05, 0) is 43.1 Å². The van der Waals surface area contributed by atoms with Crippen LogP contribution in [-0.4, -0.2) is 27.4 Å². The van der Waals surface area contributed by atoms with E-state index in [9.17, 15) is 0 Å². The molecule has 2 aliphatic rings. The van der Waals surface area contributed by atoms with Gasteiger partial charge < -0.3 is 15.6 Å². The molecule has 1 unspecified atom stereocenters. The fraction of sp³-hybridized carbons (Fsp3) is 0.300. The number of nitrogens with two attached hydrogens (primary N) is 1. The van der Waals surface area contributed by atoms with E-state index in [0.29, 0.717) is 24.0 Å². The third-order valence-corrected chi connectivity index (χ3v) is 5.15. The van der Waals surface area contributed by atoms with Gasteiger partial charge in [-0.1, -0.05) is 41.7 Å². The van der Waals surface area contributed by atoms with E-state index in [4.69, 9.17) is 22.5 Å². The summed E-state index contributed by atoms with van der Waals surface area (Å²) in [4.78, 5) is 9.76. The van der Waals surface area contributed by atoms with Crippen LogP contribution in [0, 0.1) is 6.92 Å². The molecule has 3 N–H and O–H groups in total. The molecule has 1 aliphatic carbocycles. The van der Waals surface area contributed by atoms with Crippen molar-refractivity contribution >= 4 is 28.6 Å². The molecule has 0 radical (unpaired) electrons. The van der Waals surface area contributed by atoms with Gasteiger partial charge >= 0.3 is 0 Å². The van der Waals surface area contributed by atoms with Gasteiger partial charge in [-0.2, -0.15) is 4.98 Å². The average molecular weight is 379 g/mol. The summed E-state index contributed by atoms with van der Waals surface area (Å²) in [6, 6.07) is 6.34. The second-order valence-corrected chi connectivity index (χ2v) is 7.20. The minimum Gasteiger partial charge on any atom is -0.383 e. The van der Waals surface area contributed by atoms with Crippen LogP contribution < -0.4 is 11.1 Å². The molecule has 2 heterocycles. The minimum absolute atomic E-state index is 0.114. The second-order valence-electron chi connectivity index (χ2n) is 6.71. The van der Waals surface area contributed by atoms with Crippen LogP contribution in [0.2, 0.25) is 0 Å². The number of nitrogens with one attached hydrogen (secondary N) is 1. The van der Waals surface area contributed by atoms with Gasteiger partial charge in [-0.25, -0.2) is 4.99 Å². The van der Waals surface area contributed by atoms with Crippen molar-refractivity contribution in [1.82, 2.24) is 15.5 Å². The predicted octanol–water partition coefficient (Wildman–Crippen LogP) is 3.05. The topological polar surface area (TPSA) is 89.3 Å². The number of aryl methyl sites for hydroxylation is 1. The maximum absolute atomic E-state index is 6.22. The Bertz CT molecular complexity index is 973. The van der Waals surface area contributed by atoms with Crippen molar-refractivity contribution in [2.45, 2.75) is 32.2 Å². The van der Waals surface area contributed by atoms with Crippen molar-refractivity contribution in [3.05, 3.63) is 64.8 Å². The monoisotopic (exact) mass is 379 g/mol. The van der Waals surface area contributed by atoms with Crippen molar-refractivity contribution in [1.29, 1.82) is 0 Å². The van der Waals surface area contributed by atoms with Gasteiger partial charge in [0.05, 0.1) is 5.69 Å². The highest BCUT2D eigenvalue weighted by atomic mass is 32.1. The van der Waals surface area contributed by atoms with Crippen molar-refractivity contribution in [2.75, 3.05) is 6.54 Å². The molecule has 1 aromatic heterocycles. The first kappa shape index (κ1) is 17.8. The van der Waals surface area contributed by atoms with Crippen molar-refractivity contribution in [3.63, 3.8) is 0 Å². The van der Waals surface area contributed by atoms with Crippen LogP contribution >= 0.6 is 12.2 Å². The van der Waals surface area contributed by atoms with Crippen LogP contribution in [0.25, 0.3) is 0 Å². The number of rotatable bonds is 4. The summed E-state index contributed by atoms with van der Waals surface area (Å²) >= 11 is 5.40. The van der Waals surface area contributed by atoms with Gasteiger partial charge in [0.25, 0.3) is 0 Å². The standard InChI is InChI=1S/C20H21N5OS/c1-12-23-19(26-25-12)11-17-16-10-14(7-6-13(16)8-9-22-17)24-20(21)15-4-2-3-5-18(15)27/h2-4,6-7,10,17,22H,5,8-9,11H2,1H3,(H2,21,24). The lowest BCUT2D eigenvalue weighted by atomic mass is 9.92. The Hall–Kier alpha value is -2.64. The number of fused-ring (bicyclic) bond motifs is 1. The van der Waals surface area contributed by atoms with Crippen molar-refractivity contribution < 1.29 is 4.52 Å². The van der Waals surface area contributed by atoms with E-state index in [2.05, 4.69) is 32.6 Å². The van der Waals surface area contributed by atoms with Crippen LogP contribution in [0.5, 0.6) is 0 Å². The summed E-state index contributed by atoms with van der Waals surface area (Å²) in [6.45, 7) is 2.74. The maximum atomic E-state index is 6.22. The lowest BCUT2D eigenvalue weighted by Crippen LogP contribution is -2.31. The molecule has 0 spiro atoms. The maximum Gasteiger partial charge on any atom is 0.228 e. The quantitative estimate of drug-likeness (QED) is 0.482. The normalized spacial score (nSPS) is 19.7. The SMILES string of the molecule is Cc1noc(CC2NCCc3ccc(N=C(N)C4=CC=CCC4=S)cc32)n1. The highest BCUT2D eigenvalue weighted by Gasteiger charge is 2.22. The Morgan fingerprint density at radius 1 is 1.44 bits per heavy atom. The fourth-order valence-corrected chi connectivity index (χ4v) is 3.71. The molecular weight excluding hydrogens is 358 g/mol. The number of aliphatic imine (C=N–C) groups is 1. The first-order valence-electron chi connectivity index (χ1n) is 9.00. The average Bonchev–Trinajstić information content (AvgIpc) is 3.07. The molecule has 2 aromatic rings. The predicted molar refractivity (Wildman–Crippen MR) is 109 cm³/mol. The van der Waals surface area contributed by atoms with E-state index in [1.54, 1.807) is 0 Å². The first-order chi connectivity index (χ1) is 13.1. The van der Waals surface area contributed by atoms with Crippen molar-refractivity contribution in [2.24, 2.45) is 10.7 Å². The van der Waals surface area contributed by atoms with Gasteiger partial charge in [0.1, 0.15) is 5.84 Å². The molecule has 0 bridgehead atoms. The van der Waals surface area contributed by atoms with E-state index >= 15 is 0 Å². The van der Waals surface area contributed by atoms with Gasteiger partial charge in [-0.15, -0.1) is 0 Å². The molecule has 1 aromatic carbocycles. The third kappa shape index (κ3) is 3.89. The Kier molecular flexibility index (Phi) is 4.96. The Balaban J connectivity index is 1.62. The summed E-state index contributed by atoms with van der Waals surface area (Å²) < 4.78 is 5.29. The Labute approximate surface area is 163 Å². The van der Waals surface area contributed by atoms with E-state index in [0.717, 1.165) is 35.5 Å². The van der Waals surface area contributed by atoms with Gasteiger partial charge in [0.2, 0.25) is 5.89 Å². The highest BCUT2D eigenvalue weighted by Crippen LogP contribution is 2.29. The molecule has 0 saturated carbocycles. The van der Waals surface area contributed by atoms with Crippen molar-refractivity contribution in [3.8, 4) is 0 Å². The molecule has 1 aliphatic heterocycles. The molecule has 138 valence electrons. The van der Waals surface area contributed by atoms with Gasteiger partial charge in [-0.3, -0.25) is 0 Å². The minimum atomic E-state index is 0.114. The largest absolute Gasteiger partial charge is 0.383 e.